The Hall–Kier alpha value is -2.04. The number of carbonyl (C=O) groups excluding carboxylic acids is 4. The molecule has 0 bridgehead atoms. The third-order valence-electron chi connectivity index (χ3n) is 4.05. The number of hydrogen-bond donors (Lipinski definition) is 0. The van der Waals surface area contributed by atoms with Gasteiger partial charge in [-0.2, -0.15) is 0 Å². The van der Waals surface area contributed by atoms with Gasteiger partial charge in [0.25, 0.3) is 0 Å². The van der Waals surface area contributed by atoms with Crippen LogP contribution in [0.15, 0.2) is 25.3 Å². The fraction of sp³-hybridized carbons (Fsp3) is 0.600. The van der Waals surface area contributed by atoms with Crippen LogP contribution in [0.5, 0.6) is 0 Å². The highest BCUT2D eigenvalue weighted by Gasteiger charge is 2.32. The van der Waals surface area contributed by atoms with E-state index in [0.717, 1.165) is 37.8 Å². The Kier molecular flexibility index (Phi) is 12.2. The first kappa shape index (κ1) is 23.0. The number of rotatable bonds is 14. The van der Waals surface area contributed by atoms with E-state index in [1.165, 1.54) is 0 Å². The predicted molar refractivity (Wildman–Crippen MR) is 96.8 cm³/mol. The van der Waals surface area contributed by atoms with E-state index in [-0.39, 0.29) is 0 Å². The minimum absolute atomic E-state index is 0.306. The lowest BCUT2D eigenvalue weighted by Gasteiger charge is -2.16. The summed E-state index contributed by atoms with van der Waals surface area (Å²) in [5, 5.41) is 0. The van der Waals surface area contributed by atoms with Crippen LogP contribution in [0.1, 0.15) is 65.2 Å². The first-order chi connectivity index (χ1) is 11.9. The first-order valence-electron chi connectivity index (χ1n) is 9.00. The van der Waals surface area contributed by atoms with Gasteiger partial charge in [0.2, 0.25) is 0 Å². The summed E-state index contributed by atoms with van der Waals surface area (Å²) in [6.07, 6.45) is 7.72. The van der Waals surface area contributed by atoms with Crippen molar-refractivity contribution in [3.05, 3.63) is 25.3 Å². The first-order valence-corrected chi connectivity index (χ1v) is 9.00. The zero-order chi connectivity index (χ0) is 19.2. The highest BCUT2D eigenvalue weighted by Crippen LogP contribution is 2.18. The Morgan fingerprint density at radius 2 is 1.12 bits per heavy atom. The Morgan fingerprint density at radius 1 is 0.760 bits per heavy atom. The van der Waals surface area contributed by atoms with Crippen LogP contribution in [-0.4, -0.2) is 23.5 Å². The lowest BCUT2D eigenvalue weighted by atomic mass is 9.95. The maximum Gasteiger partial charge on any atom is 0.324 e. The van der Waals surface area contributed by atoms with Crippen molar-refractivity contribution in [3.8, 4) is 0 Å². The highest BCUT2D eigenvalue weighted by atomic mass is 16.6. The van der Waals surface area contributed by atoms with E-state index >= 15 is 0 Å². The molecule has 25 heavy (non-hydrogen) atoms. The number of unbranched alkanes of at least 4 members (excludes halogenated alkanes) is 4. The van der Waals surface area contributed by atoms with E-state index in [1.807, 2.05) is 13.8 Å². The maximum atomic E-state index is 12.2. The number of ketones is 2. The van der Waals surface area contributed by atoms with E-state index < -0.39 is 35.3 Å². The van der Waals surface area contributed by atoms with Crippen molar-refractivity contribution < 1.29 is 23.9 Å². The molecular weight excluding hydrogens is 320 g/mol. The number of allylic oxidation sites excluding steroid dienone is 2. The summed E-state index contributed by atoms with van der Waals surface area (Å²) >= 11 is 0. The van der Waals surface area contributed by atoms with Crippen molar-refractivity contribution in [3.63, 3.8) is 0 Å². The Bertz CT molecular complexity index is 448. The minimum atomic E-state index is -1.04. The van der Waals surface area contributed by atoms with Gasteiger partial charge in [-0.25, -0.2) is 0 Å². The SMILES string of the molecule is C=CC(=O)C(CCCCC)C(=O)OC(=O)C(CCCCC)C(=O)C=C. The standard InChI is InChI=1S/C20H30O5/c1-5-9-11-13-15(17(21)7-3)19(23)25-20(24)16(18(22)8-4)14-12-10-6-2/h7-8,15-16H,3-6,9-14H2,1-2H3. The summed E-state index contributed by atoms with van der Waals surface area (Å²) in [6.45, 7) is 10.8. The minimum Gasteiger partial charge on any atom is -0.392 e. The molecule has 0 spiro atoms. The van der Waals surface area contributed by atoms with E-state index in [1.54, 1.807) is 0 Å². The Labute approximate surface area is 150 Å². The largest absolute Gasteiger partial charge is 0.392 e. The van der Waals surface area contributed by atoms with Gasteiger partial charge in [0, 0.05) is 0 Å². The van der Waals surface area contributed by atoms with Gasteiger partial charge in [0.1, 0.15) is 11.8 Å². The molecule has 0 aliphatic rings. The van der Waals surface area contributed by atoms with Crippen LogP contribution in [0.4, 0.5) is 0 Å². The average Bonchev–Trinajstić information content (AvgIpc) is 2.60. The van der Waals surface area contributed by atoms with Crippen LogP contribution in [0.3, 0.4) is 0 Å². The Morgan fingerprint density at radius 3 is 1.40 bits per heavy atom. The van der Waals surface area contributed by atoms with Crippen LogP contribution < -0.4 is 0 Å². The van der Waals surface area contributed by atoms with Crippen LogP contribution in [0.25, 0.3) is 0 Å². The summed E-state index contributed by atoms with van der Waals surface area (Å²) < 4.78 is 4.87. The zero-order valence-electron chi connectivity index (χ0n) is 15.4. The smallest absolute Gasteiger partial charge is 0.324 e. The molecule has 0 rings (SSSR count). The van der Waals surface area contributed by atoms with Crippen molar-refractivity contribution >= 4 is 23.5 Å². The third-order valence-corrected chi connectivity index (χ3v) is 4.05. The van der Waals surface area contributed by atoms with Gasteiger partial charge in [0.05, 0.1) is 0 Å². The zero-order valence-corrected chi connectivity index (χ0v) is 15.4. The van der Waals surface area contributed by atoms with Crippen LogP contribution in [0.2, 0.25) is 0 Å². The van der Waals surface area contributed by atoms with Crippen molar-refractivity contribution in [2.75, 3.05) is 0 Å². The predicted octanol–water partition coefficient (Wildman–Crippen LogP) is 3.96. The van der Waals surface area contributed by atoms with Crippen LogP contribution in [0, 0.1) is 11.8 Å². The summed E-state index contributed by atoms with van der Waals surface area (Å²) in [4.78, 5) is 48.3. The maximum absolute atomic E-state index is 12.2. The quantitative estimate of drug-likeness (QED) is 0.205. The van der Waals surface area contributed by atoms with Gasteiger partial charge in [-0.15, -0.1) is 0 Å². The number of esters is 2. The van der Waals surface area contributed by atoms with E-state index in [2.05, 4.69) is 13.2 Å². The second-order valence-corrected chi connectivity index (χ2v) is 6.05. The van der Waals surface area contributed by atoms with Crippen molar-refractivity contribution in [1.82, 2.24) is 0 Å². The monoisotopic (exact) mass is 350 g/mol. The molecule has 2 atom stereocenters. The number of hydrogen-bond acceptors (Lipinski definition) is 5. The van der Waals surface area contributed by atoms with Crippen molar-refractivity contribution in [2.24, 2.45) is 11.8 Å². The lowest BCUT2D eigenvalue weighted by molar-refractivity contribution is -0.166. The molecule has 0 aliphatic carbocycles. The molecule has 0 saturated heterocycles. The molecule has 0 radical (unpaired) electrons. The van der Waals surface area contributed by atoms with Gasteiger partial charge in [-0.1, -0.05) is 65.5 Å². The topological polar surface area (TPSA) is 77.5 Å². The van der Waals surface area contributed by atoms with Crippen LogP contribution in [-0.2, 0) is 23.9 Å². The fourth-order valence-corrected chi connectivity index (χ4v) is 2.48. The molecule has 0 aromatic heterocycles. The molecule has 5 heteroatoms. The third kappa shape index (κ3) is 8.57. The molecule has 0 fully saturated rings. The summed E-state index contributed by atoms with van der Waals surface area (Å²) in [5.74, 6) is -4.81. The van der Waals surface area contributed by atoms with Gasteiger partial charge in [-0.05, 0) is 25.0 Å². The summed E-state index contributed by atoms with van der Waals surface area (Å²) in [6, 6.07) is 0. The van der Waals surface area contributed by atoms with Crippen molar-refractivity contribution in [2.45, 2.75) is 65.2 Å². The molecule has 5 nitrogen and oxygen atoms in total. The van der Waals surface area contributed by atoms with Gasteiger partial charge < -0.3 is 4.74 Å². The van der Waals surface area contributed by atoms with E-state index in [4.69, 9.17) is 4.74 Å². The molecule has 0 amide bonds. The Balaban J connectivity index is 4.98. The average molecular weight is 350 g/mol. The lowest BCUT2D eigenvalue weighted by Crippen LogP contribution is -2.32. The molecule has 2 unspecified atom stereocenters. The molecule has 140 valence electrons. The van der Waals surface area contributed by atoms with E-state index in [0.29, 0.717) is 25.7 Å². The molecule has 0 N–H and O–H groups in total. The van der Waals surface area contributed by atoms with E-state index in [9.17, 15) is 19.2 Å². The van der Waals surface area contributed by atoms with Gasteiger partial charge >= 0.3 is 11.9 Å². The molecule has 0 saturated carbocycles. The molecular formula is C20H30O5. The molecule has 0 aromatic rings. The fourth-order valence-electron chi connectivity index (χ4n) is 2.48. The summed E-state index contributed by atoms with van der Waals surface area (Å²) in [7, 11) is 0. The molecule has 0 heterocycles. The highest BCUT2D eigenvalue weighted by molar-refractivity contribution is 6.10. The number of carbonyl (C=O) groups is 4. The van der Waals surface area contributed by atoms with Crippen molar-refractivity contribution in [1.29, 1.82) is 0 Å². The van der Waals surface area contributed by atoms with Crippen LogP contribution >= 0.6 is 0 Å². The molecule has 0 aromatic carbocycles. The second-order valence-electron chi connectivity index (χ2n) is 6.05. The second kappa shape index (κ2) is 13.3. The van der Waals surface area contributed by atoms with Gasteiger partial charge in [0.15, 0.2) is 11.6 Å². The summed E-state index contributed by atoms with van der Waals surface area (Å²) in [5.41, 5.74) is 0. The van der Waals surface area contributed by atoms with Gasteiger partial charge in [-0.3, -0.25) is 19.2 Å². The molecule has 0 aliphatic heterocycles. The number of ether oxygens (including phenoxy) is 1. The normalized spacial score (nSPS) is 12.7.